The third-order valence-corrected chi connectivity index (χ3v) is 3.69. The van der Waals surface area contributed by atoms with Crippen LogP contribution < -0.4 is 5.32 Å². The van der Waals surface area contributed by atoms with E-state index < -0.39 is 5.54 Å². The summed E-state index contributed by atoms with van der Waals surface area (Å²) in [5.41, 5.74) is -0.120. The van der Waals surface area contributed by atoms with Crippen molar-refractivity contribution in [2.24, 2.45) is 5.92 Å². The van der Waals surface area contributed by atoms with Gasteiger partial charge in [-0.3, -0.25) is 10.1 Å². The second-order valence-electron chi connectivity index (χ2n) is 5.15. The molecule has 1 saturated heterocycles. The predicted octanol–water partition coefficient (Wildman–Crippen LogP) is 1.40. The highest BCUT2D eigenvalue weighted by atomic mass is 19.1. The van der Waals surface area contributed by atoms with E-state index in [0.29, 0.717) is 6.42 Å². The highest BCUT2D eigenvalue weighted by Crippen LogP contribution is 2.38. The van der Waals surface area contributed by atoms with Crippen LogP contribution in [0.1, 0.15) is 24.9 Å². The van der Waals surface area contributed by atoms with Crippen molar-refractivity contribution in [1.29, 1.82) is 0 Å². The molecule has 0 aliphatic carbocycles. The van der Waals surface area contributed by atoms with E-state index in [9.17, 15) is 14.3 Å². The van der Waals surface area contributed by atoms with Gasteiger partial charge in [0.2, 0.25) is 0 Å². The summed E-state index contributed by atoms with van der Waals surface area (Å²) in [7, 11) is 1.33. The summed E-state index contributed by atoms with van der Waals surface area (Å²) in [6.07, 6.45) is 0.456. The van der Waals surface area contributed by atoms with E-state index in [0.717, 1.165) is 5.56 Å². The zero-order chi connectivity index (χ0) is 14.0. The lowest BCUT2D eigenvalue weighted by molar-refractivity contribution is -0.147. The molecule has 104 valence electrons. The minimum atomic E-state index is -0.848. The zero-order valence-electron chi connectivity index (χ0n) is 11.0. The number of hydrogen-bond donors (Lipinski definition) is 2. The maximum Gasteiger partial charge on any atom is 0.325 e. The van der Waals surface area contributed by atoms with Gasteiger partial charge in [-0.2, -0.15) is 0 Å². The van der Waals surface area contributed by atoms with Crippen molar-refractivity contribution >= 4 is 5.97 Å². The predicted molar refractivity (Wildman–Crippen MR) is 67.9 cm³/mol. The normalized spacial score (nSPS) is 30.3. The number of aliphatic hydroxyl groups is 1. The first kappa shape index (κ1) is 14.0. The number of carbonyl (C=O) groups excluding carboxylic acids is 1. The Morgan fingerprint density at radius 1 is 1.63 bits per heavy atom. The third kappa shape index (κ3) is 2.62. The van der Waals surface area contributed by atoms with Gasteiger partial charge in [0.1, 0.15) is 11.4 Å². The molecule has 2 N–H and O–H groups in total. The monoisotopic (exact) mass is 267 g/mol. The third-order valence-electron chi connectivity index (χ3n) is 3.69. The highest BCUT2D eigenvalue weighted by molar-refractivity contribution is 5.80. The largest absolute Gasteiger partial charge is 0.468 e. The van der Waals surface area contributed by atoms with Gasteiger partial charge >= 0.3 is 5.97 Å². The fraction of sp³-hybridized carbons (Fsp3) is 0.500. The Hall–Kier alpha value is -1.46. The molecule has 1 aliphatic rings. The van der Waals surface area contributed by atoms with E-state index in [2.05, 4.69) is 5.32 Å². The molecule has 1 aromatic rings. The van der Waals surface area contributed by atoms with Crippen molar-refractivity contribution < 1.29 is 19.0 Å². The SMILES string of the molecule is COC(=O)[C@]1(C)C[C@H](CO)[C@H](c2cccc(F)c2)N1. The summed E-state index contributed by atoms with van der Waals surface area (Å²) < 4.78 is 18.1. The van der Waals surface area contributed by atoms with Crippen molar-refractivity contribution in [2.75, 3.05) is 13.7 Å². The fourth-order valence-electron chi connectivity index (χ4n) is 2.76. The van der Waals surface area contributed by atoms with E-state index in [1.807, 2.05) is 0 Å². The van der Waals surface area contributed by atoms with Crippen LogP contribution in [-0.4, -0.2) is 30.3 Å². The topological polar surface area (TPSA) is 58.6 Å². The molecule has 1 aliphatic heterocycles. The van der Waals surface area contributed by atoms with Gasteiger partial charge in [0.05, 0.1) is 7.11 Å². The molecular formula is C14H18FNO3. The zero-order valence-corrected chi connectivity index (χ0v) is 11.0. The number of aliphatic hydroxyl groups excluding tert-OH is 1. The van der Waals surface area contributed by atoms with Crippen LogP contribution in [0.2, 0.25) is 0 Å². The first-order valence-electron chi connectivity index (χ1n) is 6.22. The summed E-state index contributed by atoms with van der Waals surface area (Å²) >= 11 is 0. The minimum absolute atomic E-state index is 0.0687. The number of nitrogens with one attached hydrogen (secondary N) is 1. The minimum Gasteiger partial charge on any atom is -0.468 e. The Bertz CT molecular complexity index is 480. The molecule has 5 heteroatoms. The van der Waals surface area contributed by atoms with Gasteiger partial charge in [-0.25, -0.2) is 4.39 Å². The summed E-state index contributed by atoms with van der Waals surface area (Å²) in [6, 6.07) is 5.93. The molecule has 2 rings (SSSR count). The number of hydrogen-bond acceptors (Lipinski definition) is 4. The summed E-state index contributed by atoms with van der Waals surface area (Å²) in [5.74, 6) is -0.849. The summed E-state index contributed by atoms with van der Waals surface area (Å²) in [4.78, 5) is 11.8. The Labute approximate surface area is 111 Å². The van der Waals surface area contributed by atoms with Crippen LogP contribution in [0, 0.1) is 11.7 Å². The van der Waals surface area contributed by atoms with Crippen molar-refractivity contribution in [3.63, 3.8) is 0 Å². The van der Waals surface area contributed by atoms with E-state index in [1.165, 1.54) is 19.2 Å². The molecule has 1 aromatic carbocycles. The standard InChI is InChI=1S/C14H18FNO3/c1-14(13(18)19-2)7-10(8-17)12(16-14)9-4-3-5-11(15)6-9/h3-6,10,12,16-17H,7-8H2,1-2H3/t10-,12+,14+/m1/s1. The molecule has 0 spiro atoms. The highest BCUT2D eigenvalue weighted by Gasteiger charge is 2.47. The van der Waals surface area contributed by atoms with Crippen molar-refractivity contribution in [2.45, 2.75) is 24.9 Å². The molecule has 0 aromatic heterocycles. The lowest BCUT2D eigenvalue weighted by Gasteiger charge is -2.22. The fourth-order valence-corrected chi connectivity index (χ4v) is 2.76. The van der Waals surface area contributed by atoms with Gasteiger partial charge in [0, 0.05) is 18.6 Å². The number of methoxy groups -OCH3 is 1. The van der Waals surface area contributed by atoms with Gasteiger partial charge in [-0.15, -0.1) is 0 Å². The summed E-state index contributed by atoms with van der Waals surface area (Å²) in [6.45, 7) is 1.67. The van der Waals surface area contributed by atoms with Crippen LogP contribution in [-0.2, 0) is 9.53 Å². The van der Waals surface area contributed by atoms with Gasteiger partial charge in [-0.1, -0.05) is 12.1 Å². The van der Waals surface area contributed by atoms with Crippen LogP contribution in [0.25, 0.3) is 0 Å². The van der Waals surface area contributed by atoms with Gasteiger partial charge in [0.15, 0.2) is 0 Å². The molecule has 0 amide bonds. The Balaban J connectivity index is 2.28. The maximum atomic E-state index is 13.3. The molecule has 1 heterocycles. The van der Waals surface area contributed by atoms with E-state index in [4.69, 9.17) is 4.74 Å². The molecule has 0 bridgehead atoms. The Kier molecular flexibility index (Phi) is 3.87. The average molecular weight is 267 g/mol. The number of carbonyl (C=O) groups is 1. The summed E-state index contributed by atoms with van der Waals surface area (Å²) in [5, 5.41) is 12.6. The Morgan fingerprint density at radius 2 is 2.37 bits per heavy atom. The first-order valence-corrected chi connectivity index (χ1v) is 6.22. The second kappa shape index (κ2) is 5.27. The molecule has 0 unspecified atom stereocenters. The molecule has 19 heavy (non-hydrogen) atoms. The molecule has 3 atom stereocenters. The average Bonchev–Trinajstić information content (AvgIpc) is 2.76. The maximum absolute atomic E-state index is 13.3. The lowest BCUT2D eigenvalue weighted by atomic mass is 9.91. The van der Waals surface area contributed by atoms with Crippen LogP contribution in [0.4, 0.5) is 4.39 Å². The van der Waals surface area contributed by atoms with Gasteiger partial charge < -0.3 is 9.84 Å². The van der Waals surface area contributed by atoms with Crippen molar-refractivity contribution in [3.8, 4) is 0 Å². The van der Waals surface area contributed by atoms with Gasteiger partial charge in [0.25, 0.3) is 0 Å². The molecule has 1 fully saturated rings. The first-order chi connectivity index (χ1) is 9.00. The molecular weight excluding hydrogens is 249 g/mol. The molecule has 4 nitrogen and oxygen atoms in total. The number of esters is 1. The van der Waals surface area contributed by atoms with E-state index >= 15 is 0 Å². The molecule has 0 saturated carbocycles. The Morgan fingerprint density at radius 3 is 2.95 bits per heavy atom. The van der Waals surface area contributed by atoms with Crippen LogP contribution >= 0.6 is 0 Å². The van der Waals surface area contributed by atoms with Crippen LogP contribution in [0.5, 0.6) is 0 Å². The van der Waals surface area contributed by atoms with Crippen molar-refractivity contribution in [3.05, 3.63) is 35.6 Å². The van der Waals surface area contributed by atoms with E-state index in [-0.39, 0.29) is 30.4 Å². The number of halogens is 1. The molecule has 0 radical (unpaired) electrons. The van der Waals surface area contributed by atoms with Gasteiger partial charge in [-0.05, 0) is 31.0 Å². The lowest BCUT2D eigenvalue weighted by Crippen LogP contribution is -2.45. The van der Waals surface area contributed by atoms with E-state index in [1.54, 1.807) is 19.1 Å². The number of benzene rings is 1. The quantitative estimate of drug-likeness (QED) is 0.813. The van der Waals surface area contributed by atoms with Crippen LogP contribution in [0.3, 0.4) is 0 Å². The number of rotatable bonds is 3. The second-order valence-corrected chi connectivity index (χ2v) is 5.15. The smallest absolute Gasteiger partial charge is 0.325 e. The van der Waals surface area contributed by atoms with Crippen molar-refractivity contribution in [1.82, 2.24) is 5.32 Å². The number of ether oxygens (including phenoxy) is 1. The van der Waals surface area contributed by atoms with Crippen LogP contribution in [0.15, 0.2) is 24.3 Å².